The summed E-state index contributed by atoms with van der Waals surface area (Å²) in [5.41, 5.74) is -1.70. The van der Waals surface area contributed by atoms with Crippen molar-refractivity contribution in [2.45, 2.75) is 37.8 Å². The molecule has 4 atom stereocenters. The number of carbonyl (C=O) groups excluding carboxylic acids is 3. The molecule has 0 spiro atoms. The smallest absolute Gasteiger partial charge is 0.409 e. The Hall–Kier alpha value is -3.01. The number of piperazine rings is 1. The summed E-state index contributed by atoms with van der Waals surface area (Å²) in [6.07, 6.45) is -2.80. The van der Waals surface area contributed by atoms with E-state index in [1.807, 2.05) is 0 Å². The van der Waals surface area contributed by atoms with Gasteiger partial charge in [-0.1, -0.05) is 0 Å². The Morgan fingerprint density at radius 3 is 2.76 bits per heavy atom. The number of hydrogen-bond donors (Lipinski definition) is 1. The maximum absolute atomic E-state index is 12.2. The first-order chi connectivity index (χ1) is 15.8. The molecule has 2 amide bonds. The van der Waals surface area contributed by atoms with Crippen molar-refractivity contribution in [3.63, 3.8) is 0 Å². The summed E-state index contributed by atoms with van der Waals surface area (Å²) in [7, 11) is 0. The zero-order chi connectivity index (χ0) is 23.6. The number of carbonyl (C=O) groups is 3. The fraction of sp³-hybridized carbons (Fsp3) is 0.722. The lowest BCUT2D eigenvalue weighted by Gasteiger charge is -2.29. The molecule has 3 aliphatic heterocycles. The second-order valence-corrected chi connectivity index (χ2v) is 7.69. The van der Waals surface area contributed by atoms with Gasteiger partial charge < -0.3 is 38.9 Å². The van der Waals surface area contributed by atoms with Crippen molar-refractivity contribution in [2.75, 3.05) is 51.0 Å². The molecule has 3 aliphatic rings. The number of aliphatic hydroxyl groups is 1. The van der Waals surface area contributed by atoms with Gasteiger partial charge in [-0.15, -0.1) is 5.01 Å². The molecule has 1 N–H and O–H groups in total. The van der Waals surface area contributed by atoms with Gasteiger partial charge >= 0.3 is 6.09 Å². The standard InChI is InChI=1S/C18H25N5O10/c1-3-28-17(27)21-4-6-22(7-5-21)23-8-13(31-20-23)19-16(26)32-33-18(11(2)24)10-30-14-12(25)9-29-15(14)18/h8,12,14-15,25H,3-7,9-10H2,1-2H3/t12-,14-,15+,18-/m1/s1. The normalized spacial score (nSPS) is 29.0. The third kappa shape index (κ3) is 4.57. The molecule has 3 saturated heterocycles. The number of nitrogens with zero attached hydrogens (tertiary/aromatic N) is 5. The van der Waals surface area contributed by atoms with Crippen LogP contribution in [-0.2, 0) is 28.8 Å². The second-order valence-electron chi connectivity index (χ2n) is 7.69. The van der Waals surface area contributed by atoms with Crippen molar-refractivity contribution in [2.24, 2.45) is 0 Å². The van der Waals surface area contributed by atoms with Crippen LogP contribution in [0.2, 0.25) is 0 Å². The minimum absolute atomic E-state index is 0.0296. The highest BCUT2D eigenvalue weighted by atomic mass is 17.2. The van der Waals surface area contributed by atoms with Gasteiger partial charge in [0.05, 0.1) is 37.7 Å². The largest absolute Gasteiger partial charge is 0.549 e. The number of rotatable bonds is 6. The Labute approximate surface area is 187 Å². The third-order valence-electron chi connectivity index (χ3n) is 5.65. The lowest BCUT2D eigenvalue weighted by molar-refractivity contribution is -0.759. The average molecular weight is 471 g/mol. The molecule has 0 aliphatic carbocycles. The summed E-state index contributed by atoms with van der Waals surface area (Å²) in [4.78, 5) is 48.9. The Balaban J connectivity index is 1.29. The van der Waals surface area contributed by atoms with E-state index < -0.39 is 35.8 Å². The summed E-state index contributed by atoms with van der Waals surface area (Å²) in [5.74, 6) is -0.655. The highest BCUT2D eigenvalue weighted by molar-refractivity contribution is 5.89. The molecule has 0 saturated carbocycles. The van der Waals surface area contributed by atoms with Gasteiger partial charge in [0, 0.05) is 13.1 Å². The minimum atomic E-state index is -1.70. The highest BCUT2D eigenvalue weighted by Gasteiger charge is 2.62. The molecule has 1 aromatic rings. The van der Waals surface area contributed by atoms with E-state index in [-0.39, 0.29) is 25.2 Å². The van der Waals surface area contributed by atoms with Gasteiger partial charge in [-0.05, 0) is 13.8 Å². The molecule has 4 heterocycles. The van der Waals surface area contributed by atoms with Crippen LogP contribution < -0.4 is 9.80 Å². The molecule has 33 heavy (non-hydrogen) atoms. The van der Waals surface area contributed by atoms with Crippen LogP contribution >= 0.6 is 0 Å². The van der Waals surface area contributed by atoms with Crippen LogP contribution in [0.5, 0.6) is 0 Å². The summed E-state index contributed by atoms with van der Waals surface area (Å²) in [5, 5.41) is 19.1. The first-order valence-corrected chi connectivity index (χ1v) is 10.4. The molecule has 182 valence electrons. The molecular weight excluding hydrogens is 446 g/mol. The molecular formula is C18H25N5O10. The van der Waals surface area contributed by atoms with Gasteiger partial charge in [0.15, 0.2) is 5.78 Å². The zero-order valence-corrected chi connectivity index (χ0v) is 18.1. The Morgan fingerprint density at radius 1 is 1.30 bits per heavy atom. The first kappa shape index (κ1) is 23.2. The summed E-state index contributed by atoms with van der Waals surface area (Å²) in [6.45, 7) is 4.78. The number of ketones is 1. The number of ether oxygens (including phenoxy) is 3. The van der Waals surface area contributed by atoms with Crippen molar-refractivity contribution in [3.8, 4) is 0 Å². The summed E-state index contributed by atoms with van der Waals surface area (Å²) < 4.78 is 20.8. The summed E-state index contributed by atoms with van der Waals surface area (Å²) in [6, 6.07) is 0. The quantitative estimate of drug-likeness (QED) is 0.303. The zero-order valence-electron chi connectivity index (χ0n) is 18.1. The maximum Gasteiger partial charge on any atom is 0.409 e. The fourth-order valence-corrected chi connectivity index (χ4v) is 3.86. The lowest BCUT2D eigenvalue weighted by atomic mass is 9.92. The van der Waals surface area contributed by atoms with E-state index in [1.54, 1.807) is 16.8 Å². The highest BCUT2D eigenvalue weighted by Crippen LogP contribution is 2.38. The number of amides is 2. The Kier molecular flexibility index (Phi) is 6.64. The molecule has 15 nitrogen and oxygen atoms in total. The second kappa shape index (κ2) is 9.46. The number of hydrogen-bond acceptors (Lipinski definition) is 12. The van der Waals surface area contributed by atoms with Crippen molar-refractivity contribution in [1.82, 2.24) is 10.2 Å². The predicted molar refractivity (Wildman–Crippen MR) is 103 cm³/mol. The van der Waals surface area contributed by atoms with Crippen LogP contribution in [0.4, 0.5) is 15.5 Å². The molecule has 4 rings (SSSR count). The number of Topliss-reactive ketones (excluding diaryl/α,β-unsaturated/α-hetero) is 1. The van der Waals surface area contributed by atoms with Crippen LogP contribution in [0.1, 0.15) is 13.8 Å². The van der Waals surface area contributed by atoms with Crippen molar-refractivity contribution in [1.29, 1.82) is 0 Å². The van der Waals surface area contributed by atoms with Crippen molar-refractivity contribution < 1.29 is 52.8 Å². The minimum Gasteiger partial charge on any atom is -0.549 e. The SMILES string of the molecule is CCOC(=O)N1CCN([n+]2cc([N-]C(=O)OO[C@@]3(C(C)=O)CO[C@@H]4[C@H](O)CO[C@@H]43)on2)CC1. The number of aromatic nitrogens is 2. The van der Waals surface area contributed by atoms with Crippen LogP contribution in [0.3, 0.4) is 0 Å². The van der Waals surface area contributed by atoms with E-state index in [2.05, 4.69) is 10.6 Å². The molecule has 0 radical (unpaired) electrons. The van der Waals surface area contributed by atoms with Crippen LogP contribution in [0.25, 0.3) is 5.32 Å². The predicted octanol–water partition coefficient (Wildman–Crippen LogP) is -1.07. The van der Waals surface area contributed by atoms with Crippen molar-refractivity contribution in [3.05, 3.63) is 11.5 Å². The topological polar surface area (TPSA) is 168 Å². The van der Waals surface area contributed by atoms with Gasteiger partial charge in [0.1, 0.15) is 24.2 Å². The van der Waals surface area contributed by atoms with E-state index >= 15 is 0 Å². The van der Waals surface area contributed by atoms with Gasteiger partial charge in [-0.25, -0.2) is 4.79 Å². The Morgan fingerprint density at radius 2 is 2.06 bits per heavy atom. The third-order valence-corrected chi connectivity index (χ3v) is 5.65. The number of fused-ring (bicyclic) bond motifs is 1. The van der Waals surface area contributed by atoms with E-state index in [4.69, 9.17) is 28.5 Å². The molecule has 0 aromatic carbocycles. The fourth-order valence-electron chi connectivity index (χ4n) is 3.86. The first-order valence-electron chi connectivity index (χ1n) is 10.4. The van der Waals surface area contributed by atoms with Crippen LogP contribution in [0, 0.1) is 0 Å². The number of aliphatic hydroxyl groups excluding tert-OH is 1. The summed E-state index contributed by atoms with van der Waals surface area (Å²) >= 11 is 0. The molecule has 0 unspecified atom stereocenters. The molecule has 1 aromatic heterocycles. The molecule has 3 fully saturated rings. The van der Waals surface area contributed by atoms with E-state index in [9.17, 15) is 19.5 Å². The van der Waals surface area contributed by atoms with E-state index in [1.165, 1.54) is 17.9 Å². The lowest BCUT2D eigenvalue weighted by Crippen LogP contribution is -2.65. The monoisotopic (exact) mass is 471 g/mol. The van der Waals surface area contributed by atoms with Crippen molar-refractivity contribution >= 4 is 23.9 Å². The van der Waals surface area contributed by atoms with Crippen LogP contribution in [-0.4, -0.2) is 103 Å². The van der Waals surface area contributed by atoms with Crippen LogP contribution in [0.15, 0.2) is 10.7 Å². The Bertz CT molecular complexity index is 888. The van der Waals surface area contributed by atoms with E-state index in [0.717, 1.165) is 0 Å². The van der Waals surface area contributed by atoms with Gasteiger partial charge in [0.2, 0.25) is 10.9 Å². The van der Waals surface area contributed by atoms with Gasteiger partial charge in [0.25, 0.3) is 12.3 Å². The van der Waals surface area contributed by atoms with Gasteiger partial charge in [-0.3, -0.25) is 9.59 Å². The van der Waals surface area contributed by atoms with Gasteiger partial charge in [-0.2, -0.15) is 4.89 Å². The maximum atomic E-state index is 12.2. The molecule has 0 bridgehead atoms. The average Bonchev–Trinajstić information content (AvgIpc) is 3.50. The van der Waals surface area contributed by atoms with E-state index in [0.29, 0.717) is 32.8 Å². The molecule has 15 heteroatoms.